The zero-order valence-electron chi connectivity index (χ0n) is 13.2. The third kappa shape index (κ3) is 3.14. The first-order valence-corrected chi connectivity index (χ1v) is 7.48. The highest BCUT2D eigenvalue weighted by Gasteiger charge is 2.24. The Labute approximate surface area is 134 Å². The number of hydrogen-bond donors (Lipinski definition) is 0. The molecule has 1 saturated heterocycles. The Morgan fingerprint density at radius 1 is 1.26 bits per heavy atom. The Bertz CT molecular complexity index is 725. The molecule has 23 heavy (non-hydrogen) atoms. The van der Waals surface area contributed by atoms with E-state index < -0.39 is 0 Å². The highest BCUT2D eigenvalue weighted by molar-refractivity contribution is 5.77. The molecule has 120 valence electrons. The van der Waals surface area contributed by atoms with E-state index in [2.05, 4.69) is 14.9 Å². The molecule has 7 nitrogen and oxygen atoms in total. The van der Waals surface area contributed by atoms with Crippen molar-refractivity contribution in [3.8, 4) is 11.1 Å². The van der Waals surface area contributed by atoms with Crippen LogP contribution in [0.25, 0.3) is 11.1 Å². The summed E-state index contributed by atoms with van der Waals surface area (Å²) in [6.07, 6.45) is 1.67. The maximum Gasteiger partial charge on any atom is 0.298 e. The first kappa shape index (κ1) is 15.4. The minimum atomic E-state index is -0.374. The summed E-state index contributed by atoms with van der Waals surface area (Å²) in [5, 5.41) is 11.5. The molecule has 3 heterocycles. The smallest absolute Gasteiger partial charge is 0.298 e. The summed E-state index contributed by atoms with van der Waals surface area (Å²) in [6.45, 7) is 6.30. The lowest BCUT2D eigenvalue weighted by atomic mass is 10.0. The zero-order chi connectivity index (χ0) is 16.4. The van der Waals surface area contributed by atoms with Gasteiger partial charge in [0, 0.05) is 30.5 Å². The molecular formula is C16H18N4O3. The number of aryl methyl sites for hydroxylation is 2. The summed E-state index contributed by atoms with van der Waals surface area (Å²) in [5.41, 5.74) is 2.59. The van der Waals surface area contributed by atoms with Crippen molar-refractivity contribution in [2.45, 2.75) is 13.8 Å². The standard InChI is InChI=1S/C16H18N4O3/c1-11-3-4-13(10-17-11)14-9-15(19-5-7-23-8-6-19)18-12(2)16(14)20(21)22/h3-4,9-10H,5-8H2,1-2H3. The summed E-state index contributed by atoms with van der Waals surface area (Å²) < 4.78 is 5.35. The summed E-state index contributed by atoms with van der Waals surface area (Å²) in [5.74, 6) is 0.743. The van der Waals surface area contributed by atoms with Crippen LogP contribution in [-0.4, -0.2) is 41.2 Å². The van der Waals surface area contributed by atoms with Gasteiger partial charge in [0.2, 0.25) is 0 Å². The van der Waals surface area contributed by atoms with E-state index in [-0.39, 0.29) is 10.6 Å². The van der Waals surface area contributed by atoms with Gasteiger partial charge in [-0.25, -0.2) is 4.98 Å². The molecule has 0 aliphatic carbocycles. The molecule has 2 aromatic heterocycles. The Morgan fingerprint density at radius 2 is 2.00 bits per heavy atom. The second-order valence-electron chi connectivity index (χ2n) is 5.51. The van der Waals surface area contributed by atoms with Gasteiger partial charge in [-0.3, -0.25) is 15.1 Å². The van der Waals surface area contributed by atoms with E-state index in [0.717, 1.165) is 30.2 Å². The van der Waals surface area contributed by atoms with Crippen molar-refractivity contribution >= 4 is 11.5 Å². The van der Waals surface area contributed by atoms with Crippen molar-refractivity contribution in [2.75, 3.05) is 31.2 Å². The second-order valence-corrected chi connectivity index (χ2v) is 5.51. The maximum atomic E-state index is 11.5. The molecule has 0 aromatic carbocycles. The SMILES string of the molecule is Cc1ccc(-c2cc(N3CCOCC3)nc(C)c2[N+](=O)[O-])cn1. The summed E-state index contributed by atoms with van der Waals surface area (Å²) >= 11 is 0. The number of pyridine rings is 2. The van der Waals surface area contributed by atoms with Gasteiger partial charge in [0.05, 0.1) is 23.7 Å². The molecule has 0 unspecified atom stereocenters. The van der Waals surface area contributed by atoms with E-state index in [4.69, 9.17) is 4.74 Å². The lowest BCUT2D eigenvalue weighted by Gasteiger charge is -2.28. The number of anilines is 1. The fourth-order valence-electron chi connectivity index (χ4n) is 2.68. The van der Waals surface area contributed by atoms with Crippen LogP contribution in [0.5, 0.6) is 0 Å². The molecule has 0 spiro atoms. The lowest BCUT2D eigenvalue weighted by Crippen LogP contribution is -2.36. The monoisotopic (exact) mass is 314 g/mol. The van der Waals surface area contributed by atoms with Crippen molar-refractivity contribution in [3.05, 3.63) is 45.9 Å². The normalized spacial score (nSPS) is 14.8. The van der Waals surface area contributed by atoms with Crippen molar-refractivity contribution < 1.29 is 9.66 Å². The van der Waals surface area contributed by atoms with Crippen molar-refractivity contribution in [3.63, 3.8) is 0 Å². The van der Waals surface area contributed by atoms with E-state index in [1.807, 2.05) is 19.1 Å². The molecular weight excluding hydrogens is 296 g/mol. The minimum Gasteiger partial charge on any atom is -0.378 e. The fraction of sp³-hybridized carbons (Fsp3) is 0.375. The maximum absolute atomic E-state index is 11.5. The molecule has 0 atom stereocenters. The average molecular weight is 314 g/mol. The molecule has 0 amide bonds. The van der Waals surface area contributed by atoms with Gasteiger partial charge in [-0.2, -0.15) is 0 Å². The number of morpholine rings is 1. The minimum absolute atomic E-state index is 0.0349. The highest BCUT2D eigenvalue weighted by atomic mass is 16.6. The van der Waals surface area contributed by atoms with Gasteiger partial charge >= 0.3 is 0 Å². The van der Waals surface area contributed by atoms with Crippen LogP contribution in [0.1, 0.15) is 11.4 Å². The van der Waals surface area contributed by atoms with Gasteiger partial charge in [-0.1, -0.05) is 6.07 Å². The summed E-state index contributed by atoms with van der Waals surface area (Å²) in [6, 6.07) is 5.49. The van der Waals surface area contributed by atoms with E-state index >= 15 is 0 Å². The largest absolute Gasteiger partial charge is 0.378 e. The van der Waals surface area contributed by atoms with E-state index in [0.29, 0.717) is 24.5 Å². The third-order valence-corrected chi connectivity index (χ3v) is 3.89. The number of rotatable bonds is 3. The quantitative estimate of drug-likeness (QED) is 0.639. The topological polar surface area (TPSA) is 81.4 Å². The Hall–Kier alpha value is -2.54. The van der Waals surface area contributed by atoms with Crippen LogP contribution in [-0.2, 0) is 4.74 Å². The molecule has 1 aliphatic heterocycles. The highest BCUT2D eigenvalue weighted by Crippen LogP contribution is 2.34. The third-order valence-electron chi connectivity index (χ3n) is 3.89. The Kier molecular flexibility index (Phi) is 4.20. The van der Waals surface area contributed by atoms with Crippen LogP contribution in [0, 0.1) is 24.0 Å². The summed E-state index contributed by atoms with van der Waals surface area (Å²) in [7, 11) is 0. The zero-order valence-corrected chi connectivity index (χ0v) is 13.2. The molecule has 0 N–H and O–H groups in total. The van der Waals surface area contributed by atoms with E-state index in [1.165, 1.54) is 0 Å². The van der Waals surface area contributed by atoms with Gasteiger partial charge in [0.1, 0.15) is 11.5 Å². The second kappa shape index (κ2) is 6.29. The molecule has 7 heteroatoms. The van der Waals surface area contributed by atoms with Crippen LogP contribution in [0.15, 0.2) is 24.4 Å². The molecule has 0 radical (unpaired) electrons. The average Bonchev–Trinajstić information content (AvgIpc) is 2.55. The van der Waals surface area contributed by atoms with Gasteiger partial charge in [-0.15, -0.1) is 0 Å². The number of nitrogens with zero attached hydrogens (tertiary/aromatic N) is 4. The van der Waals surface area contributed by atoms with Crippen molar-refractivity contribution in [2.24, 2.45) is 0 Å². The predicted octanol–water partition coefficient (Wildman–Crippen LogP) is 2.51. The van der Waals surface area contributed by atoms with Crippen LogP contribution in [0.2, 0.25) is 0 Å². The van der Waals surface area contributed by atoms with Crippen molar-refractivity contribution in [1.29, 1.82) is 0 Å². The van der Waals surface area contributed by atoms with Crippen LogP contribution in [0.3, 0.4) is 0 Å². The van der Waals surface area contributed by atoms with Crippen LogP contribution >= 0.6 is 0 Å². The van der Waals surface area contributed by atoms with Crippen molar-refractivity contribution in [1.82, 2.24) is 9.97 Å². The lowest BCUT2D eigenvalue weighted by molar-refractivity contribution is -0.385. The molecule has 1 fully saturated rings. The molecule has 1 aliphatic rings. The van der Waals surface area contributed by atoms with Gasteiger partial charge < -0.3 is 9.64 Å². The fourth-order valence-corrected chi connectivity index (χ4v) is 2.68. The Balaban J connectivity index is 2.12. The molecule has 3 rings (SSSR count). The summed E-state index contributed by atoms with van der Waals surface area (Å²) in [4.78, 5) is 21.9. The Morgan fingerprint density at radius 3 is 2.61 bits per heavy atom. The number of hydrogen-bond acceptors (Lipinski definition) is 6. The molecule has 0 saturated carbocycles. The van der Waals surface area contributed by atoms with Gasteiger partial charge in [0.25, 0.3) is 5.69 Å². The first-order valence-electron chi connectivity index (χ1n) is 7.48. The first-order chi connectivity index (χ1) is 11.1. The molecule has 2 aromatic rings. The predicted molar refractivity (Wildman–Crippen MR) is 86.6 cm³/mol. The van der Waals surface area contributed by atoms with Gasteiger partial charge in [-0.05, 0) is 26.0 Å². The van der Waals surface area contributed by atoms with E-state index in [1.54, 1.807) is 19.2 Å². The van der Waals surface area contributed by atoms with Gasteiger partial charge in [0.15, 0.2) is 0 Å². The number of ether oxygens (including phenoxy) is 1. The number of nitro groups is 1. The van der Waals surface area contributed by atoms with Crippen LogP contribution in [0.4, 0.5) is 11.5 Å². The van der Waals surface area contributed by atoms with E-state index in [9.17, 15) is 10.1 Å². The number of aromatic nitrogens is 2. The van der Waals surface area contributed by atoms with Crippen LogP contribution < -0.4 is 4.90 Å². The molecule has 0 bridgehead atoms.